The highest BCUT2D eigenvalue weighted by Crippen LogP contribution is 2.23. The molecule has 0 bridgehead atoms. The fourth-order valence-electron chi connectivity index (χ4n) is 1.44. The predicted molar refractivity (Wildman–Crippen MR) is 61.7 cm³/mol. The van der Waals surface area contributed by atoms with E-state index in [0.29, 0.717) is 11.4 Å². The number of hydrogen-bond acceptors (Lipinski definition) is 5. The SMILES string of the molecule is CC(C)c1c(O)nc(-c2cncs2)[nH]c1=O. The Morgan fingerprint density at radius 3 is 2.75 bits per heavy atom. The van der Waals surface area contributed by atoms with Crippen LogP contribution in [0.2, 0.25) is 0 Å². The number of nitrogens with zero attached hydrogens (tertiary/aromatic N) is 2. The van der Waals surface area contributed by atoms with Gasteiger partial charge in [0.2, 0.25) is 5.88 Å². The van der Waals surface area contributed by atoms with Crippen molar-refractivity contribution < 1.29 is 5.11 Å². The van der Waals surface area contributed by atoms with Gasteiger partial charge in [-0.25, -0.2) is 0 Å². The standard InChI is InChI=1S/C10H11N3O2S/c1-5(2)7-9(14)12-8(13-10(7)15)6-3-11-4-16-6/h3-5H,1-2H3,(H2,12,13,14,15). The average molecular weight is 237 g/mol. The number of rotatable bonds is 2. The Labute approximate surface area is 95.8 Å². The van der Waals surface area contributed by atoms with Crippen molar-refractivity contribution in [3.05, 3.63) is 27.6 Å². The van der Waals surface area contributed by atoms with Gasteiger partial charge in [-0.15, -0.1) is 11.3 Å². The van der Waals surface area contributed by atoms with Crippen LogP contribution in [0.4, 0.5) is 0 Å². The first-order valence-corrected chi connectivity index (χ1v) is 5.69. The number of aromatic hydroxyl groups is 1. The fraction of sp³-hybridized carbons (Fsp3) is 0.300. The van der Waals surface area contributed by atoms with Crippen LogP contribution in [0.5, 0.6) is 5.88 Å². The van der Waals surface area contributed by atoms with Crippen molar-refractivity contribution in [2.45, 2.75) is 19.8 Å². The maximum absolute atomic E-state index is 11.7. The lowest BCUT2D eigenvalue weighted by Crippen LogP contribution is -2.16. The third kappa shape index (κ3) is 1.83. The molecule has 2 N–H and O–H groups in total. The topological polar surface area (TPSA) is 78.9 Å². The molecule has 0 fully saturated rings. The molecule has 0 saturated carbocycles. The van der Waals surface area contributed by atoms with E-state index in [1.54, 1.807) is 11.7 Å². The summed E-state index contributed by atoms with van der Waals surface area (Å²) in [6.45, 7) is 3.66. The van der Waals surface area contributed by atoms with E-state index in [9.17, 15) is 9.90 Å². The molecule has 2 aromatic rings. The second-order valence-corrected chi connectivity index (χ2v) is 4.56. The van der Waals surface area contributed by atoms with Gasteiger partial charge in [-0.2, -0.15) is 4.98 Å². The molecular formula is C10H11N3O2S. The lowest BCUT2D eigenvalue weighted by atomic mass is 10.1. The van der Waals surface area contributed by atoms with Gasteiger partial charge < -0.3 is 10.1 Å². The minimum Gasteiger partial charge on any atom is -0.493 e. The molecule has 2 aromatic heterocycles. The smallest absolute Gasteiger partial charge is 0.258 e. The third-order valence-electron chi connectivity index (χ3n) is 2.18. The minimum absolute atomic E-state index is 0.0632. The molecule has 5 nitrogen and oxygen atoms in total. The van der Waals surface area contributed by atoms with Crippen molar-refractivity contribution in [2.24, 2.45) is 0 Å². The van der Waals surface area contributed by atoms with Gasteiger partial charge >= 0.3 is 0 Å². The Bertz CT molecular complexity index is 546. The van der Waals surface area contributed by atoms with Gasteiger partial charge in [0.1, 0.15) is 0 Å². The van der Waals surface area contributed by atoms with E-state index in [2.05, 4.69) is 15.0 Å². The Morgan fingerprint density at radius 1 is 1.50 bits per heavy atom. The van der Waals surface area contributed by atoms with E-state index in [1.165, 1.54) is 11.3 Å². The molecular weight excluding hydrogens is 226 g/mol. The normalized spacial score (nSPS) is 10.9. The fourth-order valence-corrected chi connectivity index (χ4v) is 2.01. The van der Waals surface area contributed by atoms with Crippen LogP contribution < -0.4 is 5.56 Å². The van der Waals surface area contributed by atoms with Gasteiger partial charge in [0.05, 0.1) is 16.0 Å². The van der Waals surface area contributed by atoms with Gasteiger partial charge in [-0.05, 0) is 5.92 Å². The zero-order chi connectivity index (χ0) is 11.7. The Morgan fingerprint density at radius 2 is 2.25 bits per heavy atom. The number of nitrogens with one attached hydrogen (secondary N) is 1. The molecule has 0 aliphatic heterocycles. The zero-order valence-corrected chi connectivity index (χ0v) is 9.71. The van der Waals surface area contributed by atoms with Gasteiger partial charge in [0.15, 0.2) is 5.82 Å². The van der Waals surface area contributed by atoms with Crippen molar-refractivity contribution >= 4 is 11.3 Å². The number of thiazole rings is 1. The Balaban J connectivity index is 2.58. The summed E-state index contributed by atoms with van der Waals surface area (Å²) in [5.74, 6) is 0.0864. The summed E-state index contributed by atoms with van der Waals surface area (Å²) in [5, 5.41) is 9.69. The second kappa shape index (κ2) is 4.05. The lowest BCUT2D eigenvalue weighted by molar-refractivity contribution is 0.440. The largest absolute Gasteiger partial charge is 0.493 e. The zero-order valence-electron chi connectivity index (χ0n) is 8.89. The summed E-state index contributed by atoms with van der Waals surface area (Å²) in [7, 11) is 0. The Hall–Kier alpha value is -1.69. The van der Waals surface area contributed by atoms with Gasteiger partial charge in [-0.3, -0.25) is 9.78 Å². The first-order chi connectivity index (χ1) is 7.59. The monoisotopic (exact) mass is 237 g/mol. The van der Waals surface area contributed by atoms with Gasteiger partial charge in [-0.1, -0.05) is 13.8 Å². The highest BCUT2D eigenvalue weighted by atomic mass is 32.1. The van der Waals surface area contributed by atoms with Crippen LogP contribution >= 0.6 is 11.3 Å². The van der Waals surface area contributed by atoms with Crippen molar-refractivity contribution in [2.75, 3.05) is 0 Å². The third-order valence-corrected chi connectivity index (χ3v) is 2.96. The van der Waals surface area contributed by atoms with E-state index in [-0.39, 0.29) is 17.4 Å². The molecule has 0 aliphatic carbocycles. The van der Waals surface area contributed by atoms with Gasteiger partial charge in [0, 0.05) is 6.20 Å². The molecule has 0 saturated heterocycles. The van der Waals surface area contributed by atoms with E-state index in [4.69, 9.17) is 0 Å². The van der Waals surface area contributed by atoms with Crippen molar-refractivity contribution in [1.82, 2.24) is 15.0 Å². The number of H-pyrrole nitrogens is 1. The van der Waals surface area contributed by atoms with Crippen LogP contribution in [0.15, 0.2) is 16.5 Å². The molecule has 0 unspecified atom stereocenters. The maximum Gasteiger partial charge on any atom is 0.258 e. The summed E-state index contributed by atoms with van der Waals surface area (Å²) < 4.78 is 0. The van der Waals surface area contributed by atoms with Crippen LogP contribution in [-0.2, 0) is 0 Å². The van der Waals surface area contributed by atoms with Crippen molar-refractivity contribution in [3.8, 4) is 16.6 Å². The minimum atomic E-state index is -0.300. The van der Waals surface area contributed by atoms with Crippen molar-refractivity contribution in [3.63, 3.8) is 0 Å². The quantitative estimate of drug-likeness (QED) is 0.833. The molecule has 2 rings (SSSR count). The molecule has 84 valence electrons. The van der Waals surface area contributed by atoms with Crippen LogP contribution in [0, 0.1) is 0 Å². The highest BCUT2D eigenvalue weighted by Gasteiger charge is 2.15. The molecule has 16 heavy (non-hydrogen) atoms. The van der Waals surface area contributed by atoms with E-state index in [0.717, 1.165) is 4.88 Å². The van der Waals surface area contributed by atoms with E-state index < -0.39 is 0 Å². The molecule has 0 amide bonds. The van der Waals surface area contributed by atoms with Crippen LogP contribution in [0.3, 0.4) is 0 Å². The molecule has 0 atom stereocenters. The number of aromatic amines is 1. The summed E-state index contributed by atoms with van der Waals surface area (Å²) in [6.07, 6.45) is 1.59. The molecule has 0 aromatic carbocycles. The summed E-state index contributed by atoms with van der Waals surface area (Å²) >= 11 is 1.35. The van der Waals surface area contributed by atoms with E-state index in [1.807, 2.05) is 13.8 Å². The molecule has 0 spiro atoms. The van der Waals surface area contributed by atoms with E-state index >= 15 is 0 Å². The summed E-state index contributed by atoms with van der Waals surface area (Å²) in [5.41, 5.74) is 1.65. The first kappa shape index (κ1) is 10.8. The predicted octanol–water partition coefficient (Wildman–Crippen LogP) is 1.72. The second-order valence-electron chi connectivity index (χ2n) is 3.67. The summed E-state index contributed by atoms with van der Waals surface area (Å²) in [6, 6.07) is 0. The number of hydrogen-bond donors (Lipinski definition) is 2. The molecule has 0 aliphatic rings. The molecule has 0 radical (unpaired) electrons. The maximum atomic E-state index is 11.7. The molecule has 2 heterocycles. The van der Waals surface area contributed by atoms with Crippen LogP contribution in [0.25, 0.3) is 10.7 Å². The molecule has 6 heteroatoms. The average Bonchev–Trinajstić information content (AvgIpc) is 2.67. The van der Waals surface area contributed by atoms with Gasteiger partial charge in [0.25, 0.3) is 5.56 Å². The van der Waals surface area contributed by atoms with Crippen LogP contribution in [-0.4, -0.2) is 20.1 Å². The first-order valence-electron chi connectivity index (χ1n) is 4.81. The highest BCUT2D eigenvalue weighted by molar-refractivity contribution is 7.13. The lowest BCUT2D eigenvalue weighted by Gasteiger charge is -2.06. The summed E-state index contributed by atoms with van der Waals surface area (Å²) in [4.78, 5) is 23.0. The van der Waals surface area contributed by atoms with Crippen LogP contribution in [0.1, 0.15) is 25.3 Å². The van der Waals surface area contributed by atoms with Crippen molar-refractivity contribution in [1.29, 1.82) is 0 Å². The Kier molecular flexibility index (Phi) is 2.74. The number of aromatic nitrogens is 3.